The topological polar surface area (TPSA) is 38.9 Å². The standard InChI is InChI=1S/C32H32NO.C18H24GeN.Ir/c1-19-14-21(3)29(22(4)15-19)24-9-11-26-28(17-24)34-31-25(10-8-20(2)30(26)31)27-16-23(12-13-33-27)18-32(5,6)7;1-14(2)11-16-12-18(15-9-7-6-8-10-15)20-13-17(16)19(3,4)5;/h8-9,11-17H,18H2,1-7H3;6-9,12-14H,11H2,1-5H3;/q2*-1;. The molecule has 0 spiro atoms. The van der Waals surface area contributed by atoms with E-state index < -0.39 is 13.3 Å². The first-order chi connectivity index (χ1) is 25.5. The first kappa shape index (κ1) is 42.3. The molecule has 287 valence electrons. The molecule has 1 radical (unpaired) electrons. The molecule has 4 aromatic carbocycles. The second kappa shape index (κ2) is 17.1. The number of aryl methyl sites for hydroxylation is 4. The van der Waals surface area contributed by atoms with Crippen molar-refractivity contribution in [2.75, 3.05) is 0 Å². The summed E-state index contributed by atoms with van der Waals surface area (Å²) < 4.78 is 8.09. The second-order valence-electron chi connectivity index (χ2n) is 17.8. The Labute approximate surface area is 346 Å². The van der Waals surface area contributed by atoms with E-state index in [1.54, 1.807) is 4.40 Å². The molecule has 0 amide bonds. The second-order valence-corrected chi connectivity index (χ2v) is 28.3. The quantitative estimate of drug-likeness (QED) is 0.118. The first-order valence-corrected chi connectivity index (χ1v) is 26.7. The van der Waals surface area contributed by atoms with E-state index in [1.807, 2.05) is 24.4 Å². The number of pyridine rings is 2. The van der Waals surface area contributed by atoms with Crippen LogP contribution in [0.2, 0.25) is 17.3 Å². The van der Waals surface area contributed by atoms with E-state index in [9.17, 15) is 0 Å². The van der Waals surface area contributed by atoms with Crippen LogP contribution in [0.25, 0.3) is 55.6 Å². The van der Waals surface area contributed by atoms with Crippen molar-refractivity contribution in [3.63, 3.8) is 0 Å². The maximum Gasteiger partial charge on any atom is 0.121 e. The molecule has 7 rings (SSSR count). The Kier molecular flexibility index (Phi) is 13.2. The van der Waals surface area contributed by atoms with Crippen molar-refractivity contribution < 1.29 is 24.5 Å². The molecule has 0 saturated heterocycles. The van der Waals surface area contributed by atoms with Crippen LogP contribution >= 0.6 is 0 Å². The largest absolute Gasteiger partial charge is 0.501 e. The zero-order valence-electron chi connectivity index (χ0n) is 34.8. The van der Waals surface area contributed by atoms with Crippen LogP contribution in [0, 0.1) is 51.2 Å². The average molecular weight is 966 g/mol. The number of furan rings is 1. The zero-order valence-corrected chi connectivity index (χ0v) is 39.3. The Morgan fingerprint density at radius 3 is 2.16 bits per heavy atom. The van der Waals surface area contributed by atoms with Crippen LogP contribution in [-0.4, -0.2) is 23.2 Å². The molecular formula is C50H56GeIrN2O-2. The van der Waals surface area contributed by atoms with Gasteiger partial charge in [-0.25, -0.2) is 0 Å². The van der Waals surface area contributed by atoms with Gasteiger partial charge in [0.15, 0.2) is 0 Å². The average Bonchev–Trinajstić information content (AvgIpc) is 3.47. The molecule has 0 aliphatic rings. The summed E-state index contributed by atoms with van der Waals surface area (Å²) in [6.07, 6.45) is 6.17. The number of aromatic nitrogens is 2. The molecule has 3 nitrogen and oxygen atoms in total. The Bertz CT molecular complexity index is 2410. The third-order valence-electron chi connectivity index (χ3n) is 9.94. The van der Waals surface area contributed by atoms with Crippen molar-refractivity contribution in [1.82, 2.24) is 9.97 Å². The van der Waals surface area contributed by atoms with Gasteiger partial charge in [-0.2, -0.15) is 0 Å². The van der Waals surface area contributed by atoms with Crippen molar-refractivity contribution in [3.05, 3.63) is 137 Å². The first-order valence-electron chi connectivity index (χ1n) is 19.4. The van der Waals surface area contributed by atoms with Gasteiger partial charge in [0, 0.05) is 31.7 Å². The van der Waals surface area contributed by atoms with Crippen molar-refractivity contribution >= 4 is 39.6 Å². The molecule has 0 N–H and O–H groups in total. The van der Waals surface area contributed by atoms with E-state index in [1.165, 1.54) is 44.5 Å². The van der Waals surface area contributed by atoms with Crippen LogP contribution < -0.4 is 4.40 Å². The number of hydrogen-bond donors (Lipinski definition) is 0. The van der Waals surface area contributed by atoms with E-state index in [4.69, 9.17) is 14.4 Å². The SMILES string of the molecule is CC(C)Cc1cc(-c2[c-]cccc2)nc[c]1[Ge]([CH3])([CH3])[CH3].Cc1cc(C)c(-c2ccc3c(c2)oc2c(-c4cc(CC(C)(C)C)ccn4)[c-]cc(C)c23)c(C)c1.[Ir]. The van der Waals surface area contributed by atoms with E-state index >= 15 is 0 Å². The molecular weight excluding hydrogens is 909 g/mol. The van der Waals surface area contributed by atoms with Gasteiger partial charge in [-0.3, -0.25) is 0 Å². The van der Waals surface area contributed by atoms with Gasteiger partial charge in [0.25, 0.3) is 0 Å². The fourth-order valence-corrected chi connectivity index (χ4v) is 11.1. The van der Waals surface area contributed by atoms with E-state index in [0.29, 0.717) is 5.92 Å². The smallest absolute Gasteiger partial charge is 0.121 e. The minimum Gasteiger partial charge on any atom is -0.501 e. The Balaban J connectivity index is 0.000000237. The van der Waals surface area contributed by atoms with Crippen molar-refractivity contribution in [3.8, 4) is 33.6 Å². The van der Waals surface area contributed by atoms with Gasteiger partial charge < -0.3 is 9.40 Å². The number of fused-ring (bicyclic) bond motifs is 3. The van der Waals surface area contributed by atoms with Gasteiger partial charge >= 0.3 is 126 Å². The van der Waals surface area contributed by atoms with Crippen LogP contribution in [0.5, 0.6) is 0 Å². The monoisotopic (exact) mass is 967 g/mol. The van der Waals surface area contributed by atoms with Crippen LogP contribution in [0.1, 0.15) is 68.0 Å². The van der Waals surface area contributed by atoms with Crippen LogP contribution in [0.15, 0.2) is 95.7 Å². The van der Waals surface area contributed by atoms with Crippen LogP contribution in [0.4, 0.5) is 0 Å². The molecule has 0 aliphatic heterocycles. The van der Waals surface area contributed by atoms with Crippen molar-refractivity contribution in [2.45, 2.75) is 92.4 Å². The van der Waals surface area contributed by atoms with Crippen molar-refractivity contribution in [2.24, 2.45) is 11.3 Å². The van der Waals surface area contributed by atoms with Gasteiger partial charge in [-0.15, -0.1) is 17.7 Å². The summed E-state index contributed by atoms with van der Waals surface area (Å²) >= 11 is -1.86. The van der Waals surface area contributed by atoms with Gasteiger partial charge in [0.1, 0.15) is 5.58 Å². The number of rotatable bonds is 7. The molecule has 0 unspecified atom stereocenters. The Morgan fingerprint density at radius 2 is 1.53 bits per heavy atom. The van der Waals surface area contributed by atoms with Crippen molar-refractivity contribution in [1.29, 1.82) is 0 Å². The Hall–Kier alpha value is -3.83. The molecule has 0 fully saturated rings. The van der Waals surface area contributed by atoms with E-state index in [2.05, 4.69) is 159 Å². The third kappa shape index (κ3) is 9.95. The number of benzene rings is 4. The maximum atomic E-state index is 6.55. The fraction of sp³-hybridized carbons (Fsp3) is 0.320. The van der Waals surface area contributed by atoms with Gasteiger partial charge in [-0.05, 0) is 72.7 Å². The number of hydrogen-bond acceptors (Lipinski definition) is 3. The normalized spacial score (nSPS) is 11.8. The predicted octanol–water partition coefficient (Wildman–Crippen LogP) is 13.2. The summed E-state index contributed by atoms with van der Waals surface area (Å²) in [5, 5.41) is 2.29. The van der Waals surface area contributed by atoms with E-state index in [0.717, 1.165) is 57.3 Å². The minimum atomic E-state index is -1.86. The molecule has 0 atom stereocenters. The summed E-state index contributed by atoms with van der Waals surface area (Å²) in [4.78, 5) is 9.39. The van der Waals surface area contributed by atoms with Gasteiger partial charge in [-0.1, -0.05) is 80.1 Å². The summed E-state index contributed by atoms with van der Waals surface area (Å²) in [6, 6.07) is 34.6. The molecule has 7 aromatic rings. The summed E-state index contributed by atoms with van der Waals surface area (Å²) in [5.74, 6) is 7.99. The molecule has 0 aliphatic carbocycles. The molecule has 3 heterocycles. The molecule has 5 heteroatoms. The molecule has 0 saturated carbocycles. The summed E-state index contributed by atoms with van der Waals surface area (Å²) in [5.41, 5.74) is 16.3. The Morgan fingerprint density at radius 1 is 0.800 bits per heavy atom. The molecule has 55 heavy (non-hydrogen) atoms. The summed E-state index contributed by atoms with van der Waals surface area (Å²) in [6.45, 7) is 20.0. The molecule has 3 aromatic heterocycles. The third-order valence-corrected chi connectivity index (χ3v) is 14.3. The fourth-order valence-electron chi connectivity index (χ4n) is 7.78. The molecule has 0 bridgehead atoms. The van der Waals surface area contributed by atoms with Crippen LogP contribution in [0.3, 0.4) is 0 Å². The zero-order chi connectivity index (χ0) is 38.9. The van der Waals surface area contributed by atoms with E-state index in [-0.39, 0.29) is 25.5 Å². The van der Waals surface area contributed by atoms with Gasteiger partial charge in [0.2, 0.25) is 0 Å². The predicted molar refractivity (Wildman–Crippen MR) is 233 cm³/mol. The minimum absolute atomic E-state index is 0. The summed E-state index contributed by atoms with van der Waals surface area (Å²) in [7, 11) is 0. The maximum absolute atomic E-state index is 6.55. The van der Waals surface area contributed by atoms with Crippen LogP contribution in [-0.2, 0) is 32.9 Å². The van der Waals surface area contributed by atoms with Gasteiger partial charge in [0.05, 0.1) is 5.58 Å². The number of nitrogens with zero attached hydrogens (tertiary/aromatic N) is 2.